The van der Waals surface area contributed by atoms with Crippen molar-refractivity contribution in [2.24, 2.45) is 5.41 Å². The van der Waals surface area contributed by atoms with Gasteiger partial charge in [-0.2, -0.15) is 0 Å². The van der Waals surface area contributed by atoms with Crippen LogP contribution in [0.4, 0.5) is 0 Å². The molecule has 2 aliphatic rings. The standard InChI is InChI=1S/C44H44N2O4S4/c1-8-44(5,6)34-18-14-28(54-34)12-16-30-32-20-26-51-38(32)29(31-19-25-52-39(30)31)15-11-27-13-17-33(53-27)37-35-36(42(49)45(37)21-9-23-47)40(43(2,3)4)46(41(35)48)22-10-24-50-7/h13-14,17-20,25-26,47H,8-10,21-24H2,1-7H3. The zero-order chi connectivity index (χ0) is 38.4. The molecule has 4 aromatic heterocycles. The first-order chi connectivity index (χ1) is 25.9. The zero-order valence-corrected chi connectivity index (χ0v) is 35.0. The van der Waals surface area contributed by atoms with E-state index in [0.29, 0.717) is 49.4 Å². The monoisotopic (exact) mass is 792 g/mol. The van der Waals surface area contributed by atoms with E-state index in [4.69, 9.17) is 4.74 Å². The van der Waals surface area contributed by atoms with Gasteiger partial charge in [-0.25, -0.2) is 0 Å². The first-order valence-electron chi connectivity index (χ1n) is 18.3. The van der Waals surface area contributed by atoms with Gasteiger partial charge >= 0.3 is 0 Å². The molecule has 54 heavy (non-hydrogen) atoms. The molecule has 0 atom stereocenters. The minimum absolute atomic E-state index is 0.0549. The van der Waals surface area contributed by atoms with E-state index >= 15 is 0 Å². The Kier molecular flexibility index (Phi) is 10.8. The Balaban J connectivity index is 1.27. The van der Waals surface area contributed by atoms with Gasteiger partial charge in [0.25, 0.3) is 11.8 Å². The molecule has 1 N–H and O–H groups in total. The minimum atomic E-state index is -0.444. The number of amides is 2. The van der Waals surface area contributed by atoms with E-state index in [1.807, 2.05) is 32.9 Å². The van der Waals surface area contributed by atoms with E-state index in [2.05, 4.69) is 79.5 Å². The Morgan fingerprint density at radius 3 is 1.93 bits per heavy atom. The molecule has 0 spiro atoms. The van der Waals surface area contributed by atoms with Gasteiger partial charge < -0.3 is 19.6 Å². The van der Waals surface area contributed by atoms with Crippen LogP contribution in [0.15, 0.2) is 64.0 Å². The van der Waals surface area contributed by atoms with Crippen LogP contribution in [0.25, 0.3) is 25.9 Å². The quantitative estimate of drug-likeness (QED) is 0.113. The van der Waals surface area contributed by atoms with Crippen molar-refractivity contribution in [1.82, 2.24) is 9.80 Å². The smallest absolute Gasteiger partial charge is 0.261 e. The highest BCUT2D eigenvalue weighted by atomic mass is 32.1. The van der Waals surface area contributed by atoms with Crippen LogP contribution < -0.4 is 0 Å². The lowest BCUT2D eigenvalue weighted by Crippen LogP contribution is -2.35. The molecule has 10 heteroatoms. The molecular weight excluding hydrogens is 749 g/mol. The topological polar surface area (TPSA) is 70.1 Å². The van der Waals surface area contributed by atoms with Crippen LogP contribution in [0.2, 0.25) is 0 Å². The molecule has 278 valence electrons. The largest absolute Gasteiger partial charge is 0.396 e. The predicted octanol–water partition coefficient (Wildman–Crippen LogP) is 9.84. The van der Waals surface area contributed by atoms with Gasteiger partial charge in [-0.05, 0) is 71.8 Å². The number of benzene rings is 1. The number of hydrogen-bond donors (Lipinski definition) is 1. The van der Waals surface area contributed by atoms with Gasteiger partial charge in [0.1, 0.15) is 0 Å². The number of ether oxygens (including phenoxy) is 1. The van der Waals surface area contributed by atoms with E-state index in [9.17, 15) is 14.7 Å². The second kappa shape index (κ2) is 15.3. The number of fused-ring (bicyclic) bond motifs is 3. The molecule has 0 saturated heterocycles. The first kappa shape index (κ1) is 38.3. The molecule has 0 bridgehead atoms. The summed E-state index contributed by atoms with van der Waals surface area (Å²) in [5.74, 6) is 13.7. The second-order valence-corrected chi connectivity index (χ2v) is 19.2. The lowest BCUT2D eigenvalue weighted by atomic mass is 9.88. The summed E-state index contributed by atoms with van der Waals surface area (Å²) in [6, 6.07) is 12.6. The van der Waals surface area contributed by atoms with Crippen molar-refractivity contribution in [2.45, 2.75) is 66.2 Å². The molecular formula is C44H44N2O4S4. The van der Waals surface area contributed by atoms with Crippen LogP contribution in [0.1, 0.15) is 91.4 Å². The molecule has 7 rings (SSSR count). The third-order valence-electron chi connectivity index (χ3n) is 10.1. The summed E-state index contributed by atoms with van der Waals surface area (Å²) in [7, 11) is 1.65. The van der Waals surface area contributed by atoms with Crippen molar-refractivity contribution in [2.75, 3.05) is 33.4 Å². The predicted molar refractivity (Wildman–Crippen MR) is 226 cm³/mol. The maximum atomic E-state index is 14.2. The molecule has 6 heterocycles. The van der Waals surface area contributed by atoms with Gasteiger partial charge in [-0.15, -0.1) is 45.3 Å². The molecule has 2 amide bonds. The Morgan fingerprint density at radius 1 is 0.741 bits per heavy atom. The number of aliphatic hydroxyl groups is 1. The molecule has 0 radical (unpaired) electrons. The van der Waals surface area contributed by atoms with Gasteiger partial charge in [0.15, 0.2) is 0 Å². The highest BCUT2D eigenvalue weighted by Crippen LogP contribution is 2.49. The molecule has 0 saturated carbocycles. The lowest BCUT2D eigenvalue weighted by molar-refractivity contribution is -0.125. The molecule has 0 unspecified atom stereocenters. The number of rotatable bonds is 10. The van der Waals surface area contributed by atoms with Crippen LogP contribution >= 0.6 is 45.3 Å². The summed E-state index contributed by atoms with van der Waals surface area (Å²) in [6.07, 6.45) is 2.14. The molecule has 1 aromatic carbocycles. The van der Waals surface area contributed by atoms with Crippen LogP contribution in [0.3, 0.4) is 0 Å². The Morgan fingerprint density at radius 2 is 1.33 bits per heavy atom. The number of aliphatic hydroxyl groups excluding tert-OH is 1. The maximum Gasteiger partial charge on any atom is 0.261 e. The SMILES string of the molecule is CCC(C)(C)c1ccc(C#Cc2c3ccsc3c(C#Cc3ccc(C4=C5C(=O)N(CCCOC)C(C(C)(C)C)=C5C(=O)N4CCCO)s3)c3ccsc23)s1. The number of thiophene rings is 4. The highest BCUT2D eigenvalue weighted by Gasteiger charge is 2.50. The van der Waals surface area contributed by atoms with Gasteiger partial charge in [0.05, 0.1) is 52.0 Å². The fraction of sp³-hybridized carbons (Fsp3) is 0.364. The normalized spacial score (nSPS) is 14.8. The third-order valence-corrected chi connectivity index (χ3v) is 14.3. The van der Waals surface area contributed by atoms with E-state index in [-0.39, 0.29) is 23.8 Å². The molecule has 5 aromatic rings. The fourth-order valence-corrected chi connectivity index (χ4v) is 10.9. The Bertz CT molecular complexity index is 2420. The number of methoxy groups -OCH3 is 1. The minimum Gasteiger partial charge on any atom is -0.396 e. The zero-order valence-electron chi connectivity index (χ0n) is 31.8. The first-order valence-corrected chi connectivity index (χ1v) is 21.7. The molecule has 6 nitrogen and oxygen atoms in total. The number of carbonyl (C=O) groups is 2. The van der Waals surface area contributed by atoms with Crippen molar-refractivity contribution < 1.29 is 19.4 Å². The van der Waals surface area contributed by atoms with Crippen LogP contribution in [-0.4, -0.2) is 60.1 Å². The van der Waals surface area contributed by atoms with Crippen LogP contribution in [-0.2, 0) is 19.7 Å². The van der Waals surface area contributed by atoms with Crippen molar-refractivity contribution >= 4 is 83.0 Å². The van der Waals surface area contributed by atoms with Gasteiger partial charge in [0.2, 0.25) is 0 Å². The molecule has 0 aliphatic carbocycles. The number of allylic oxidation sites excluding steroid dienone is 1. The Hall–Kier alpha value is -4.00. The average molecular weight is 793 g/mol. The molecule has 0 fully saturated rings. The van der Waals surface area contributed by atoms with E-state index in [1.54, 1.807) is 50.9 Å². The second-order valence-electron chi connectivity index (χ2n) is 15.2. The van der Waals surface area contributed by atoms with E-state index in [0.717, 1.165) is 58.0 Å². The van der Waals surface area contributed by atoms with Gasteiger partial charge in [-0.1, -0.05) is 65.2 Å². The molecule has 2 aliphatic heterocycles. The van der Waals surface area contributed by atoms with Crippen molar-refractivity contribution in [3.05, 3.63) is 94.6 Å². The van der Waals surface area contributed by atoms with Gasteiger partial charge in [-0.3, -0.25) is 9.59 Å². The van der Waals surface area contributed by atoms with Crippen molar-refractivity contribution in [3.63, 3.8) is 0 Å². The third kappa shape index (κ3) is 6.90. The number of carbonyl (C=O) groups excluding carboxylic acids is 2. The highest BCUT2D eigenvalue weighted by molar-refractivity contribution is 7.19. The summed E-state index contributed by atoms with van der Waals surface area (Å²) in [5, 5.41) is 16.2. The van der Waals surface area contributed by atoms with Gasteiger partial charge in [0, 0.05) is 60.2 Å². The fourth-order valence-electron chi connectivity index (χ4n) is 7.07. The summed E-state index contributed by atoms with van der Waals surface area (Å²) in [4.78, 5) is 36.0. The lowest BCUT2D eigenvalue weighted by Gasteiger charge is -2.31. The summed E-state index contributed by atoms with van der Waals surface area (Å²) in [6.45, 7) is 14.2. The van der Waals surface area contributed by atoms with Crippen molar-refractivity contribution in [1.29, 1.82) is 0 Å². The number of nitrogens with zero attached hydrogens (tertiary/aromatic N) is 2. The van der Waals surface area contributed by atoms with E-state index in [1.165, 1.54) is 16.2 Å². The summed E-state index contributed by atoms with van der Waals surface area (Å²) >= 11 is 6.64. The summed E-state index contributed by atoms with van der Waals surface area (Å²) < 4.78 is 7.54. The number of hydrogen-bond acceptors (Lipinski definition) is 8. The average Bonchev–Trinajstić information content (AvgIpc) is 3.99. The Labute approximate surface area is 333 Å². The van der Waals surface area contributed by atoms with Crippen LogP contribution in [0.5, 0.6) is 0 Å². The van der Waals surface area contributed by atoms with Crippen LogP contribution in [0, 0.1) is 29.1 Å². The maximum absolute atomic E-state index is 14.2. The summed E-state index contributed by atoms with van der Waals surface area (Å²) in [5.41, 5.74) is 4.01. The van der Waals surface area contributed by atoms with E-state index < -0.39 is 5.41 Å². The van der Waals surface area contributed by atoms with Crippen molar-refractivity contribution in [3.8, 4) is 23.7 Å².